The molecule has 1 N–H and O–H groups in total. The summed E-state index contributed by atoms with van der Waals surface area (Å²) >= 11 is 9.15. The summed E-state index contributed by atoms with van der Waals surface area (Å²) in [5.41, 5.74) is 2.70. The van der Waals surface area contributed by atoms with Gasteiger partial charge < -0.3 is 5.11 Å². The fourth-order valence-corrected chi connectivity index (χ4v) is 6.57. The van der Waals surface area contributed by atoms with E-state index in [4.69, 9.17) is 11.6 Å². The number of aromatic nitrogens is 3. The Hall–Kier alpha value is -2.61. The fourth-order valence-electron chi connectivity index (χ4n) is 4.06. The summed E-state index contributed by atoms with van der Waals surface area (Å²) in [6, 6.07) is 16.7. The number of halogens is 1. The zero-order chi connectivity index (χ0) is 21.5. The molecular formula is C23H19ClN3O2S2+. The lowest BCUT2D eigenvalue weighted by Crippen LogP contribution is -2.45. The molecule has 5 nitrogen and oxygen atoms in total. The van der Waals surface area contributed by atoms with Gasteiger partial charge in [-0.15, -0.1) is 11.3 Å². The molecule has 2 aromatic heterocycles. The van der Waals surface area contributed by atoms with E-state index in [1.54, 1.807) is 30.1 Å². The molecule has 0 saturated carbocycles. The van der Waals surface area contributed by atoms with E-state index >= 15 is 0 Å². The van der Waals surface area contributed by atoms with Gasteiger partial charge in [-0.05, 0) is 36.4 Å². The molecule has 0 unspecified atom stereocenters. The van der Waals surface area contributed by atoms with E-state index in [0.29, 0.717) is 22.1 Å². The number of thiazole rings is 1. The number of aromatic hydroxyl groups is 1. The molecule has 0 radical (unpaired) electrons. The molecule has 1 aliphatic heterocycles. The molecule has 31 heavy (non-hydrogen) atoms. The van der Waals surface area contributed by atoms with E-state index in [1.807, 2.05) is 47.0 Å². The maximum Gasteiger partial charge on any atom is 0.347 e. The summed E-state index contributed by atoms with van der Waals surface area (Å²) in [5, 5.41) is 11.6. The van der Waals surface area contributed by atoms with Crippen molar-refractivity contribution in [3.63, 3.8) is 0 Å². The Balaban J connectivity index is 1.88. The van der Waals surface area contributed by atoms with E-state index in [-0.39, 0.29) is 17.4 Å². The van der Waals surface area contributed by atoms with Gasteiger partial charge in [0.25, 0.3) is 0 Å². The lowest BCUT2D eigenvalue weighted by atomic mass is 9.99. The monoisotopic (exact) mass is 468 g/mol. The standard InChI is InChI=1S/C23H18ClN3O2S2/c1-2-26-20(15-10-6-7-11-17(15)28)19(14-8-4-3-5-9-14)21(29)27-16(13-30-23(26)27)18-12-25-22(24)31-18/h3-12,16H,2,13H2,1H3/p+1/t16-/m1/s1. The first kappa shape index (κ1) is 20.3. The molecule has 0 amide bonds. The topological polar surface area (TPSA) is 59.0 Å². The van der Waals surface area contributed by atoms with Crippen molar-refractivity contribution in [1.82, 2.24) is 9.55 Å². The van der Waals surface area contributed by atoms with Crippen LogP contribution in [0.2, 0.25) is 4.47 Å². The van der Waals surface area contributed by atoms with E-state index < -0.39 is 0 Å². The van der Waals surface area contributed by atoms with Crippen LogP contribution in [0.5, 0.6) is 5.75 Å². The SMILES string of the molecule is CC[n+]1c(-c2ccccc2O)c(-c2ccccc2)c(=O)n2c1SC[C@@H]2c1cnc(Cl)s1. The highest BCUT2D eigenvalue weighted by molar-refractivity contribution is 7.99. The Bertz CT molecular complexity index is 1330. The average molecular weight is 469 g/mol. The van der Waals surface area contributed by atoms with E-state index in [2.05, 4.69) is 16.5 Å². The normalized spacial score (nSPS) is 15.2. The highest BCUT2D eigenvalue weighted by Crippen LogP contribution is 2.40. The molecule has 1 aliphatic rings. The van der Waals surface area contributed by atoms with Crippen molar-refractivity contribution in [2.45, 2.75) is 24.7 Å². The summed E-state index contributed by atoms with van der Waals surface area (Å²) in [4.78, 5) is 19.2. The number of fused-ring (bicyclic) bond motifs is 1. The minimum absolute atomic E-state index is 0.0799. The van der Waals surface area contributed by atoms with Crippen LogP contribution in [-0.4, -0.2) is 20.4 Å². The number of thioether (sulfide) groups is 1. The first-order chi connectivity index (χ1) is 15.1. The molecule has 2 aromatic carbocycles. The smallest absolute Gasteiger partial charge is 0.347 e. The van der Waals surface area contributed by atoms with Gasteiger partial charge in [0.2, 0.25) is 0 Å². The number of phenols is 1. The first-order valence-electron chi connectivity index (χ1n) is 9.90. The Morgan fingerprint density at radius 1 is 1.19 bits per heavy atom. The minimum atomic E-state index is -0.129. The van der Waals surface area contributed by atoms with Crippen LogP contribution in [0, 0.1) is 0 Å². The lowest BCUT2D eigenvalue weighted by molar-refractivity contribution is -0.725. The zero-order valence-electron chi connectivity index (χ0n) is 16.7. The van der Waals surface area contributed by atoms with Gasteiger partial charge in [-0.1, -0.05) is 54.1 Å². The van der Waals surface area contributed by atoms with Gasteiger partial charge in [-0.3, -0.25) is 0 Å². The highest BCUT2D eigenvalue weighted by Gasteiger charge is 2.40. The van der Waals surface area contributed by atoms with Crippen molar-refractivity contribution < 1.29 is 9.67 Å². The number of rotatable bonds is 4. The highest BCUT2D eigenvalue weighted by atomic mass is 35.5. The van der Waals surface area contributed by atoms with Crippen molar-refractivity contribution in [2.24, 2.45) is 0 Å². The molecule has 5 rings (SSSR count). The number of hydrogen-bond acceptors (Lipinski definition) is 5. The molecule has 156 valence electrons. The van der Waals surface area contributed by atoms with Gasteiger partial charge in [0.1, 0.15) is 11.3 Å². The third kappa shape index (κ3) is 3.37. The molecule has 4 aromatic rings. The summed E-state index contributed by atoms with van der Waals surface area (Å²) in [6.07, 6.45) is 1.76. The van der Waals surface area contributed by atoms with Crippen LogP contribution in [0.1, 0.15) is 17.8 Å². The molecule has 0 spiro atoms. The molecule has 3 heterocycles. The molecule has 0 aliphatic carbocycles. The van der Waals surface area contributed by atoms with Gasteiger partial charge in [0, 0.05) is 6.20 Å². The van der Waals surface area contributed by atoms with Gasteiger partial charge in [-0.25, -0.2) is 14.3 Å². The van der Waals surface area contributed by atoms with Gasteiger partial charge in [0.15, 0.2) is 16.2 Å². The molecule has 8 heteroatoms. The van der Waals surface area contributed by atoms with Crippen molar-refractivity contribution in [3.8, 4) is 28.1 Å². The second kappa shape index (κ2) is 8.15. The maximum absolute atomic E-state index is 14.0. The maximum atomic E-state index is 14.0. The summed E-state index contributed by atoms with van der Waals surface area (Å²) < 4.78 is 4.47. The predicted molar refractivity (Wildman–Crippen MR) is 125 cm³/mol. The number of benzene rings is 2. The Labute approximate surface area is 192 Å². The largest absolute Gasteiger partial charge is 0.507 e. The predicted octanol–water partition coefficient (Wildman–Crippen LogP) is 5.00. The second-order valence-electron chi connectivity index (χ2n) is 7.15. The van der Waals surface area contributed by atoms with Gasteiger partial charge in [0.05, 0.1) is 22.7 Å². The van der Waals surface area contributed by atoms with Gasteiger partial charge >= 0.3 is 10.7 Å². The zero-order valence-corrected chi connectivity index (χ0v) is 19.0. The van der Waals surface area contributed by atoms with Crippen LogP contribution < -0.4 is 10.1 Å². The molecule has 1 atom stereocenters. The number of hydrogen-bond donors (Lipinski definition) is 1. The lowest BCUT2D eigenvalue weighted by Gasteiger charge is -2.16. The van der Waals surface area contributed by atoms with E-state index in [9.17, 15) is 9.90 Å². The summed E-state index contributed by atoms with van der Waals surface area (Å²) in [5.74, 6) is 0.881. The molecule has 0 bridgehead atoms. The van der Waals surface area contributed by atoms with E-state index in [1.165, 1.54) is 11.3 Å². The molecule has 0 fully saturated rings. The van der Waals surface area contributed by atoms with Crippen LogP contribution >= 0.6 is 34.7 Å². The minimum Gasteiger partial charge on any atom is -0.507 e. The van der Waals surface area contributed by atoms with Crippen molar-refractivity contribution >= 4 is 34.7 Å². The Kier molecular flexibility index (Phi) is 5.33. The number of para-hydroxylation sites is 1. The second-order valence-corrected chi connectivity index (χ2v) is 9.78. The Morgan fingerprint density at radius 2 is 1.94 bits per heavy atom. The van der Waals surface area contributed by atoms with Crippen molar-refractivity contribution in [2.75, 3.05) is 5.75 Å². The van der Waals surface area contributed by atoms with Crippen LogP contribution in [-0.2, 0) is 6.54 Å². The quantitative estimate of drug-likeness (QED) is 0.338. The van der Waals surface area contributed by atoms with Gasteiger partial charge in [-0.2, -0.15) is 4.57 Å². The Morgan fingerprint density at radius 3 is 2.61 bits per heavy atom. The van der Waals surface area contributed by atoms with Crippen LogP contribution in [0.3, 0.4) is 0 Å². The first-order valence-corrected chi connectivity index (χ1v) is 12.1. The van der Waals surface area contributed by atoms with Crippen LogP contribution in [0.25, 0.3) is 22.4 Å². The number of phenolic OH excluding ortho intramolecular Hbond substituents is 1. The summed E-state index contributed by atoms with van der Waals surface area (Å²) in [6.45, 7) is 2.71. The van der Waals surface area contributed by atoms with Crippen molar-refractivity contribution in [1.29, 1.82) is 0 Å². The third-order valence-electron chi connectivity index (χ3n) is 5.42. The summed E-state index contributed by atoms with van der Waals surface area (Å²) in [7, 11) is 0. The van der Waals surface area contributed by atoms with Crippen LogP contribution in [0.4, 0.5) is 0 Å². The van der Waals surface area contributed by atoms with Crippen LogP contribution in [0.15, 0.2) is 70.7 Å². The molecule has 0 saturated heterocycles. The number of nitrogens with zero attached hydrogens (tertiary/aromatic N) is 3. The third-order valence-corrected chi connectivity index (χ3v) is 7.79. The van der Waals surface area contributed by atoms with Crippen molar-refractivity contribution in [3.05, 3.63) is 80.5 Å². The molecular weight excluding hydrogens is 450 g/mol. The fraction of sp³-hybridized carbons (Fsp3) is 0.174. The van der Waals surface area contributed by atoms with E-state index in [0.717, 1.165) is 27.0 Å². The average Bonchev–Trinajstić information content (AvgIpc) is 3.41.